The van der Waals surface area contributed by atoms with Crippen LogP contribution in [0.1, 0.15) is 53.3 Å². The highest BCUT2D eigenvalue weighted by atomic mass is 16.6. The molecule has 206 valence electrons. The maximum atomic E-state index is 12.7. The first-order valence-corrected chi connectivity index (χ1v) is 13.4. The summed E-state index contributed by atoms with van der Waals surface area (Å²) in [6.07, 6.45) is 3.45. The zero-order valence-electron chi connectivity index (χ0n) is 23.5. The van der Waals surface area contributed by atoms with E-state index >= 15 is 0 Å². The molecule has 0 unspecified atom stereocenters. The van der Waals surface area contributed by atoms with Crippen molar-refractivity contribution in [2.75, 3.05) is 29.9 Å². The molecule has 4 aromatic rings. The standard InChI is InChI=1S/C29H37N7O3/c1-18(2)36-17-23-24(26(36)37)32-27(34-11-12-35(19(3)16-34)28(38)39-29(4,5)6)33-25(23)31-15-22-13-20-9-7-8-10-21(20)14-30-22/h7-10,13-14,17-19,37H,11-12,15-16H2,1-6H3,(H,31,32,33)/t19-/m0/s1. The minimum Gasteiger partial charge on any atom is -0.493 e. The van der Waals surface area contributed by atoms with Crippen molar-refractivity contribution in [1.82, 2.24) is 24.4 Å². The molecular weight excluding hydrogens is 494 g/mol. The topological polar surface area (TPSA) is 109 Å². The summed E-state index contributed by atoms with van der Waals surface area (Å²) >= 11 is 0. The average molecular weight is 532 g/mol. The van der Waals surface area contributed by atoms with Gasteiger partial charge in [0.05, 0.1) is 17.6 Å². The summed E-state index contributed by atoms with van der Waals surface area (Å²) in [7, 11) is 0. The van der Waals surface area contributed by atoms with Crippen molar-refractivity contribution in [3.63, 3.8) is 0 Å². The van der Waals surface area contributed by atoms with E-state index in [0.717, 1.165) is 21.9 Å². The molecule has 1 amide bonds. The Morgan fingerprint density at radius 2 is 1.92 bits per heavy atom. The summed E-state index contributed by atoms with van der Waals surface area (Å²) in [6.45, 7) is 13.7. The highest BCUT2D eigenvalue weighted by Crippen LogP contribution is 2.34. The van der Waals surface area contributed by atoms with Gasteiger partial charge in [0.1, 0.15) is 16.9 Å². The van der Waals surface area contributed by atoms with Crippen molar-refractivity contribution in [3.05, 3.63) is 48.4 Å². The molecule has 0 radical (unpaired) electrons. The van der Waals surface area contributed by atoms with Crippen molar-refractivity contribution >= 4 is 39.5 Å². The Morgan fingerprint density at radius 1 is 1.18 bits per heavy atom. The van der Waals surface area contributed by atoms with Crippen LogP contribution in [0.25, 0.3) is 21.7 Å². The molecule has 10 heteroatoms. The minimum atomic E-state index is -0.552. The van der Waals surface area contributed by atoms with Gasteiger partial charge in [-0.25, -0.2) is 9.78 Å². The van der Waals surface area contributed by atoms with Crippen LogP contribution in [0.15, 0.2) is 42.7 Å². The van der Waals surface area contributed by atoms with Gasteiger partial charge < -0.3 is 29.5 Å². The summed E-state index contributed by atoms with van der Waals surface area (Å²) < 4.78 is 7.39. The number of ether oxygens (including phenoxy) is 1. The fourth-order valence-corrected chi connectivity index (χ4v) is 4.87. The summed E-state index contributed by atoms with van der Waals surface area (Å²) in [4.78, 5) is 30.8. The highest BCUT2D eigenvalue weighted by molar-refractivity contribution is 5.94. The van der Waals surface area contributed by atoms with Crippen LogP contribution >= 0.6 is 0 Å². The van der Waals surface area contributed by atoms with Crippen molar-refractivity contribution in [1.29, 1.82) is 0 Å². The molecule has 39 heavy (non-hydrogen) atoms. The molecule has 0 spiro atoms. The van der Waals surface area contributed by atoms with Gasteiger partial charge in [-0.3, -0.25) is 4.98 Å². The number of hydrogen-bond acceptors (Lipinski definition) is 8. The predicted molar refractivity (Wildman–Crippen MR) is 153 cm³/mol. The Kier molecular flexibility index (Phi) is 6.96. The molecule has 10 nitrogen and oxygen atoms in total. The number of nitrogens with one attached hydrogen (secondary N) is 1. The number of pyridine rings is 1. The van der Waals surface area contributed by atoms with Gasteiger partial charge in [0.25, 0.3) is 0 Å². The first-order valence-electron chi connectivity index (χ1n) is 13.4. The van der Waals surface area contributed by atoms with Crippen LogP contribution in [0.3, 0.4) is 0 Å². The molecule has 5 rings (SSSR count). The lowest BCUT2D eigenvalue weighted by atomic mass is 10.1. The van der Waals surface area contributed by atoms with E-state index in [1.54, 1.807) is 9.47 Å². The molecule has 3 aromatic heterocycles. The van der Waals surface area contributed by atoms with E-state index in [1.165, 1.54) is 0 Å². The third kappa shape index (κ3) is 5.55. The molecule has 1 saturated heterocycles. The summed E-state index contributed by atoms with van der Waals surface area (Å²) in [5.41, 5.74) is 0.822. The highest BCUT2D eigenvalue weighted by Gasteiger charge is 2.32. The average Bonchev–Trinajstić information content (AvgIpc) is 3.22. The third-order valence-corrected chi connectivity index (χ3v) is 6.88. The zero-order chi connectivity index (χ0) is 27.9. The molecule has 1 fully saturated rings. The number of rotatable bonds is 5. The number of hydrogen-bond donors (Lipinski definition) is 2. The minimum absolute atomic E-state index is 0.0510. The molecule has 4 heterocycles. The quantitative estimate of drug-likeness (QED) is 0.356. The molecule has 0 bridgehead atoms. The Morgan fingerprint density at radius 3 is 2.62 bits per heavy atom. The fourth-order valence-electron chi connectivity index (χ4n) is 4.87. The predicted octanol–water partition coefficient (Wildman–Crippen LogP) is 5.32. The number of fused-ring (bicyclic) bond motifs is 2. The van der Waals surface area contributed by atoms with Crippen LogP contribution in [0, 0.1) is 0 Å². The summed E-state index contributed by atoms with van der Waals surface area (Å²) in [6, 6.07) is 10.1. The third-order valence-electron chi connectivity index (χ3n) is 6.88. The van der Waals surface area contributed by atoms with E-state index in [0.29, 0.717) is 43.5 Å². The monoisotopic (exact) mass is 531 g/mol. The van der Waals surface area contributed by atoms with E-state index < -0.39 is 5.60 Å². The largest absolute Gasteiger partial charge is 0.493 e. The van der Waals surface area contributed by atoms with E-state index in [-0.39, 0.29) is 24.1 Å². The van der Waals surface area contributed by atoms with Crippen molar-refractivity contribution in [3.8, 4) is 5.88 Å². The second-order valence-electron chi connectivity index (χ2n) is 11.4. The number of anilines is 2. The van der Waals surface area contributed by atoms with Crippen molar-refractivity contribution < 1.29 is 14.6 Å². The SMILES string of the molecule is CC(C)n1cc2c(NCc3cc4ccccc4cn3)nc(N3CCN(C(=O)OC(C)(C)C)[C@@H](C)C3)nc2c1O. The van der Waals surface area contributed by atoms with Crippen LogP contribution in [-0.2, 0) is 11.3 Å². The van der Waals surface area contributed by atoms with Crippen LogP contribution in [-0.4, -0.2) is 66.9 Å². The first-order chi connectivity index (χ1) is 18.5. The Bertz CT molecular complexity index is 1510. The second-order valence-corrected chi connectivity index (χ2v) is 11.4. The van der Waals surface area contributed by atoms with Crippen LogP contribution < -0.4 is 10.2 Å². The van der Waals surface area contributed by atoms with Gasteiger partial charge in [0.2, 0.25) is 11.8 Å². The summed E-state index contributed by atoms with van der Waals surface area (Å²) in [5.74, 6) is 1.24. The molecular formula is C29H37N7O3. The maximum absolute atomic E-state index is 12.7. The maximum Gasteiger partial charge on any atom is 0.410 e. The number of piperazine rings is 1. The number of amides is 1. The number of aromatic hydroxyl groups is 1. The van der Waals surface area contributed by atoms with Gasteiger partial charge in [-0.15, -0.1) is 0 Å². The number of carbonyl (C=O) groups is 1. The Labute approximate surface area is 228 Å². The van der Waals surface area contributed by atoms with E-state index in [1.807, 2.05) is 72.1 Å². The summed E-state index contributed by atoms with van der Waals surface area (Å²) in [5, 5.41) is 17.4. The van der Waals surface area contributed by atoms with E-state index in [9.17, 15) is 9.90 Å². The molecule has 1 atom stereocenters. The van der Waals surface area contributed by atoms with E-state index in [4.69, 9.17) is 14.7 Å². The number of aromatic nitrogens is 4. The number of nitrogens with zero attached hydrogens (tertiary/aromatic N) is 6. The van der Waals surface area contributed by atoms with Gasteiger partial charge >= 0.3 is 6.09 Å². The Hall–Kier alpha value is -4.08. The van der Waals surface area contributed by atoms with E-state index in [2.05, 4.69) is 27.3 Å². The van der Waals surface area contributed by atoms with Crippen LogP contribution in [0.5, 0.6) is 5.88 Å². The van der Waals surface area contributed by atoms with Crippen LogP contribution in [0.4, 0.5) is 16.6 Å². The normalized spacial score (nSPS) is 16.3. The second kappa shape index (κ2) is 10.2. The van der Waals surface area contributed by atoms with Gasteiger partial charge in [0.15, 0.2) is 0 Å². The van der Waals surface area contributed by atoms with Gasteiger partial charge in [0, 0.05) is 49.5 Å². The smallest absolute Gasteiger partial charge is 0.410 e. The molecule has 2 N–H and O–H groups in total. The molecule has 1 aliphatic heterocycles. The van der Waals surface area contributed by atoms with Crippen molar-refractivity contribution in [2.24, 2.45) is 0 Å². The number of carbonyl (C=O) groups excluding carboxylic acids is 1. The number of benzene rings is 1. The first kappa shape index (κ1) is 26.5. The lowest BCUT2D eigenvalue weighted by molar-refractivity contribution is 0.0158. The molecule has 1 aromatic carbocycles. The van der Waals surface area contributed by atoms with Gasteiger partial charge in [-0.2, -0.15) is 4.98 Å². The Balaban J connectivity index is 1.43. The fraction of sp³-hybridized carbons (Fsp3) is 0.448. The molecule has 0 aliphatic carbocycles. The molecule has 1 aliphatic rings. The van der Waals surface area contributed by atoms with Gasteiger partial charge in [-0.1, -0.05) is 24.3 Å². The van der Waals surface area contributed by atoms with Gasteiger partial charge in [-0.05, 0) is 53.0 Å². The van der Waals surface area contributed by atoms with Crippen LogP contribution in [0.2, 0.25) is 0 Å². The lowest BCUT2D eigenvalue weighted by Gasteiger charge is -2.40. The molecule has 0 saturated carbocycles. The van der Waals surface area contributed by atoms with Crippen molar-refractivity contribution in [2.45, 2.75) is 65.8 Å². The lowest BCUT2D eigenvalue weighted by Crippen LogP contribution is -2.55. The zero-order valence-corrected chi connectivity index (χ0v) is 23.5.